The van der Waals surface area contributed by atoms with Crippen LogP contribution in [0.2, 0.25) is 0 Å². The van der Waals surface area contributed by atoms with Gasteiger partial charge >= 0.3 is 0 Å². The summed E-state index contributed by atoms with van der Waals surface area (Å²) < 4.78 is 5.67. The van der Waals surface area contributed by atoms with E-state index in [2.05, 4.69) is 12.1 Å². The zero-order valence-corrected chi connectivity index (χ0v) is 10.0. The molecule has 1 atom stereocenters. The van der Waals surface area contributed by atoms with Crippen molar-refractivity contribution >= 4 is 6.29 Å². The Hall–Kier alpha value is -2.09. The summed E-state index contributed by atoms with van der Waals surface area (Å²) in [6.45, 7) is 0.701. The number of carbonyl (C=O) groups is 1. The van der Waals surface area contributed by atoms with E-state index in [-0.39, 0.29) is 0 Å². The highest BCUT2D eigenvalue weighted by atomic mass is 16.5. The second-order valence-electron chi connectivity index (χ2n) is 4.61. The van der Waals surface area contributed by atoms with Crippen LogP contribution in [-0.2, 0) is 6.42 Å². The van der Waals surface area contributed by atoms with Crippen LogP contribution < -0.4 is 4.74 Å². The maximum Gasteiger partial charge on any atom is 0.150 e. The molecule has 2 aromatic rings. The van der Waals surface area contributed by atoms with Gasteiger partial charge in [-0.3, -0.25) is 4.79 Å². The molecule has 0 spiro atoms. The third-order valence-corrected chi connectivity index (χ3v) is 3.37. The Morgan fingerprint density at radius 1 is 1.17 bits per heavy atom. The van der Waals surface area contributed by atoms with E-state index in [0.717, 1.165) is 29.6 Å². The zero-order valence-electron chi connectivity index (χ0n) is 10.0. The highest BCUT2D eigenvalue weighted by molar-refractivity contribution is 5.76. The third-order valence-electron chi connectivity index (χ3n) is 3.37. The predicted molar refractivity (Wildman–Crippen MR) is 70.2 cm³/mol. The molecular formula is C16H14O2. The summed E-state index contributed by atoms with van der Waals surface area (Å²) in [5.41, 5.74) is 3.18. The standard InChI is InChI=1S/C16H14O2/c17-10-13-6-7-16-15(9-13)14(11-18-16)8-12-4-2-1-3-5-12/h1-7,9-10,14H,8,11H2/t14-/m1/s1. The van der Waals surface area contributed by atoms with Gasteiger partial charge in [0.15, 0.2) is 0 Å². The van der Waals surface area contributed by atoms with Crippen LogP contribution in [0.1, 0.15) is 27.4 Å². The van der Waals surface area contributed by atoms with Crippen LogP contribution in [0.3, 0.4) is 0 Å². The Morgan fingerprint density at radius 2 is 2.00 bits per heavy atom. The van der Waals surface area contributed by atoms with Gasteiger partial charge in [-0.05, 0) is 30.2 Å². The van der Waals surface area contributed by atoms with Crippen molar-refractivity contribution in [3.8, 4) is 5.75 Å². The molecule has 1 aliphatic heterocycles. The van der Waals surface area contributed by atoms with Crippen LogP contribution >= 0.6 is 0 Å². The lowest BCUT2D eigenvalue weighted by Gasteiger charge is -2.09. The van der Waals surface area contributed by atoms with Crippen molar-refractivity contribution in [1.29, 1.82) is 0 Å². The number of fused-ring (bicyclic) bond motifs is 1. The molecule has 0 aromatic heterocycles. The number of rotatable bonds is 3. The molecule has 90 valence electrons. The summed E-state index contributed by atoms with van der Waals surface area (Å²) in [4.78, 5) is 10.8. The molecule has 0 unspecified atom stereocenters. The Labute approximate surface area is 106 Å². The summed E-state index contributed by atoms with van der Waals surface area (Å²) >= 11 is 0. The van der Waals surface area contributed by atoms with Crippen LogP contribution in [-0.4, -0.2) is 12.9 Å². The topological polar surface area (TPSA) is 26.3 Å². The fraction of sp³-hybridized carbons (Fsp3) is 0.188. The Morgan fingerprint density at radius 3 is 2.78 bits per heavy atom. The number of carbonyl (C=O) groups excluding carboxylic acids is 1. The molecule has 0 saturated heterocycles. The Bertz CT molecular complexity index is 561. The maximum absolute atomic E-state index is 10.8. The van der Waals surface area contributed by atoms with Gasteiger partial charge in [-0.1, -0.05) is 30.3 Å². The number of benzene rings is 2. The van der Waals surface area contributed by atoms with Gasteiger partial charge in [0.05, 0.1) is 6.61 Å². The third kappa shape index (κ3) is 2.02. The molecule has 0 aliphatic carbocycles. The van der Waals surface area contributed by atoms with E-state index in [0.29, 0.717) is 12.5 Å². The second-order valence-corrected chi connectivity index (χ2v) is 4.61. The SMILES string of the molecule is O=Cc1ccc2c(c1)[C@H](Cc1ccccc1)CO2. The van der Waals surface area contributed by atoms with Gasteiger partial charge in [0, 0.05) is 17.0 Å². The van der Waals surface area contributed by atoms with Gasteiger partial charge in [-0.15, -0.1) is 0 Å². The lowest BCUT2D eigenvalue weighted by Crippen LogP contribution is -2.04. The first-order chi connectivity index (χ1) is 8.86. The van der Waals surface area contributed by atoms with E-state index in [9.17, 15) is 4.79 Å². The van der Waals surface area contributed by atoms with Crippen molar-refractivity contribution in [2.24, 2.45) is 0 Å². The van der Waals surface area contributed by atoms with E-state index in [1.165, 1.54) is 5.56 Å². The molecule has 2 aromatic carbocycles. The van der Waals surface area contributed by atoms with Gasteiger partial charge in [-0.2, -0.15) is 0 Å². The van der Waals surface area contributed by atoms with Gasteiger partial charge < -0.3 is 4.74 Å². The fourth-order valence-corrected chi connectivity index (χ4v) is 2.44. The average molecular weight is 238 g/mol. The minimum Gasteiger partial charge on any atom is -0.493 e. The van der Waals surface area contributed by atoms with Crippen LogP contribution in [0, 0.1) is 0 Å². The average Bonchev–Trinajstić information content (AvgIpc) is 2.82. The van der Waals surface area contributed by atoms with E-state index >= 15 is 0 Å². The normalized spacial score (nSPS) is 17.0. The van der Waals surface area contributed by atoms with E-state index in [1.54, 1.807) is 6.07 Å². The number of ether oxygens (including phenoxy) is 1. The molecule has 0 bridgehead atoms. The molecule has 0 N–H and O–H groups in total. The molecular weight excluding hydrogens is 224 g/mol. The van der Waals surface area contributed by atoms with Crippen LogP contribution in [0.25, 0.3) is 0 Å². The summed E-state index contributed by atoms with van der Waals surface area (Å²) in [7, 11) is 0. The minimum absolute atomic E-state index is 0.349. The van der Waals surface area contributed by atoms with Crippen LogP contribution in [0.5, 0.6) is 5.75 Å². The highest BCUT2D eigenvalue weighted by Crippen LogP contribution is 2.36. The molecule has 0 fully saturated rings. The molecule has 18 heavy (non-hydrogen) atoms. The van der Waals surface area contributed by atoms with Gasteiger partial charge in [0.2, 0.25) is 0 Å². The largest absolute Gasteiger partial charge is 0.493 e. The van der Waals surface area contributed by atoms with Gasteiger partial charge in [0.25, 0.3) is 0 Å². The van der Waals surface area contributed by atoms with Crippen LogP contribution in [0.4, 0.5) is 0 Å². The van der Waals surface area contributed by atoms with E-state index in [4.69, 9.17) is 4.74 Å². The molecule has 2 heteroatoms. The monoisotopic (exact) mass is 238 g/mol. The molecule has 2 nitrogen and oxygen atoms in total. The first-order valence-electron chi connectivity index (χ1n) is 6.12. The smallest absolute Gasteiger partial charge is 0.150 e. The summed E-state index contributed by atoms with van der Waals surface area (Å²) in [5, 5.41) is 0. The molecule has 3 rings (SSSR count). The van der Waals surface area contributed by atoms with Crippen molar-refractivity contribution in [2.75, 3.05) is 6.61 Å². The lowest BCUT2D eigenvalue weighted by atomic mass is 9.93. The van der Waals surface area contributed by atoms with E-state index in [1.807, 2.05) is 30.3 Å². The Balaban J connectivity index is 1.88. The maximum atomic E-state index is 10.8. The molecule has 0 radical (unpaired) electrons. The van der Waals surface area contributed by atoms with Crippen molar-refractivity contribution in [2.45, 2.75) is 12.3 Å². The molecule has 0 saturated carbocycles. The van der Waals surface area contributed by atoms with Gasteiger partial charge in [0.1, 0.15) is 12.0 Å². The van der Waals surface area contributed by atoms with Crippen molar-refractivity contribution in [1.82, 2.24) is 0 Å². The quantitative estimate of drug-likeness (QED) is 0.767. The van der Waals surface area contributed by atoms with Crippen molar-refractivity contribution in [3.63, 3.8) is 0 Å². The number of hydrogen-bond donors (Lipinski definition) is 0. The summed E-state index contributed by atoms with van der Waals surface area (Å²) in [6, 6.07) is 16.0. The van der Waals surface area contributed by atoms with Crippen molar-refractivity contribution < 1.29 is 9.53 Å². The number of hydrogen-bond acceptors (Lipinski definition) is 2. The zero-order chi connectivity index (χ0) is 12.4. The predicted octanol–water partition coefficient (Wildman–Crippen LogP) is 3.22. The number of aldehydes is 1. The minimum atomic E-state index is 0.349. The molecule has 0 amide bonds. The first-order valence-corrected chi connectivity index (χ1v) is 6.12. The Kier molecular flexibility index (Phi) is 2.85. The van der Waals surface area contributed by atoms with Crippen molar-refractivity contribution in [3.05, 3.63) is 65.2 Å². The summed E-state index contributed by atoms with van der Waals surface area (Å²) in [5.74, 6) is 1.27. The first kappa shape index (κ1) is 11.0. The van der Waals surface area contributed by atoms with E-state index < -0.39 is 0 Å². The second kappa shape index (κ2) is 4.65. The lowest BCUT2D eigenvalue weighted by molar-refractivity contribution is 0.112. The van der Waals surface area contributed by atoms with Crippen LogP contribution in [0.15, 0.2) is 48.5 Å². The molecule has 1 aliphatic rings. The van der Waals surface area contributed by atoms with Gasteiger partial charge in [-0.25, -0.2) is 0 Å². The molecule has 1 heterocycles. The highest BCUT2D eigenvalue weighted by Gasteiger charge is 2.24. The summed E-state index contributed by atoms with van der Waals surface area (Å²) in [6.07, 6.45) is 1.84. The fourth-order valence-electron chi connectivity index (χ4n) is 2.44.